The van der Waals surface area contributed by atoms with Crippen molar-refractivity contribution in [2.75, 3.05) is 13.7 Å². The smallest absolute Gasteiger partial charge is 0.322 e. The van der Waals surface area contributed by atoms with E-state index >= 15 is 0 Å². The average Bonchev–Trinajstić information content (AvgIpc) is 2.55. The normalized spacial score (nSPS) is 21.6. The van der Waals surface area contributed by atoms with E-state index in [0.717, 1.165) is 25.7 Å². The first-order valence-corrected chi connectivity index (χ1v) is 6.65. The number of hydrogen-bond acceptors (Lipinski definition) is 4. The van der Waals surface area contributed by atoms with Crippen LogP contribution in [-0.4, -0.2) is 36.4 Å². The maximum absolute atomic E-state index is 11.4. The van der Waals surface area contributed by atoms with Crippen LogP contribution in [0.3, 0.4) is 0 Å². The summed E-state index contributed by atoms with van der Waals surface area (Å²) in [6.45, 7) is 2.42. The zero-order valence-electron chi connectivity index (χ0n) is 11.0. The molecule has 0 radical (unpaired) electrons. The van der Waals surface area contributed by atoms with Crippen LogP contribution in [0, 0.1) is 0 Å². The molecule has 1 atom stereocenters. The van der Waals surface area contributed by atoms with Gasteiger partial charge in [0.1, 0.15) is 6.04 Å². The molecule has 0 spiro atoms. The van der Waals surface area contributed by atoms with Gasteiger partial charge in [0.15, 0.2) is 0 Å². The van der Waals surface area contributed by atoms with E-state index in [4.69, 9.17) is 4.74 Å². The standard InChI is InChI=1S/C13H25NO3/c1-3-11(12(15)17-2)14-10-13(16)8-6-4-5-7-9-13/h11,14,16H,3-10H2,1-2H3. The lowest BCUT2D eigenvalue weighted by molar-refractivity contribution is -0.143. The molecule has 1 aliphatic carbocycles. The van der Waals surface area contributed by atoms with Gasteiger partial charge in [-0.3, -0.25) is 4.79 Å². The van der Waals surface area contributed by atoms with E-state index in [1.54, 1.807) is 0 Å². The van der Waals surface area contributed by atoms with Gasteiger partial charge in [-0.25, -0.2) is 0 Å². The number of nitrogens with one attached hydrogen (secondary N) is 1. The number of carbonyl (C=O) groups excluding carboxylic acids is 1. The number of methoxy groups -OCH3 is 1. The molecule has 0 bridgehead atoms. The zero-order valence-corrected chi connectivity index (χ0v) is 11.0. The molecule has 0 aromatic heterocycles. The van der Waals surface area contributed by atoms with E-state index in [0.29, 0.717) is 13.0 Å². The van der Waals surface area contributed by atoms with Crippen LogP contribution >= 0.6 is 0 Å². The summed E-state index contributed by atoms with van der Waals surface area (Å²) >= 11 is 0. The van der Waals surface area contributed by atoms with Gasteiger partial charge in [0, 0.05) is 6.54 Å². The molecule has 1 rings (SSSR count). The van der Waals surface area contributed by atoms with E-state index in [1.807, 2.05) is 6.92 Å². The molecule has 1 unspecified atom stereocenters. The molecule has 17 heavy (non-hydrogen) atoms. The fourth-order valence-electron chi connectivity index (χ4n) is 2.41. The van der Waals surface area contributed by atoms with Crippen molar-refractivity contribution in [3.8, 4) is 0 Å². The highest BCUT2D eigenvalue weighted by molar-refractivity contribution is 5.75. The van der Waals surface area contributed by atoms with Crippen molar-refractivity contribution in [1.82, 2.24) is 5.32 Å². The van der Waals surface area contributed by atoms with E-state index in [9.17, 15) is 9.90 Å². The SMILES string of the molecule is CCC(NCC1(O)CCCCCC1)C(=O)OC. The Labute approximate surface area is 104 Å². The van der Waals surface area contributed by atoms with E-state index in [-0.39, 0.29) is 12.0 Å². The topological polar surface area (TPSA) is 58.6 Å². The van der Waals surface area contributed by atoms with Gasteiger partial charge in [0.05, 0.1) is 12.7 Å². The Bertz CT molecular complexity index is 235. The van der Waals surface area contributed by atoms with Crippen molar-refractivity contribution in [2.45, 2.75) is 63.5 Å². The van der Waals surface area contributed by atoms with Crippen molar-refractivity contribution in [2.24, 2.45) is 0 Å². The first kappa shape index (κ1) is 14.5. The highest BCUT2D eigenvalue weighted by atomic mass is 16.5. The minimum absolute atomic E-state index is 0.246. The summed E-state index contributed by atoms with van der Waals surface area (Å²) in [7, 11) is 1.40. The number of carbonyl (C=O) groups is 1. The van der Waals surface area contributed by atoms with Gasteiger partial charge in [0.2, 0.25) is 0 Å². The summed E-state index contributed by atoms with van der Waals surface area (Å²) < 4.78 is 4.72. The van der Waals surface area contributed by atoms with Gasteiger partial charge in [-0.15, -0.1) is 0 Å². The van der Waals surface area contributed by atoms with Crippen LogP contribution in [0.4, 0.5) is 0 Å². The van der Waals surface area contributed by atoms with Gasteiger partial charge >= 0.3 is 5.97 Å². The number of hydrogen-bond donors (Lipinski definition) is 2. The molecule has 1 fully saturated rings. The Morgan fingerprint density at radius 1 is 1.35 bits per heavy atom. The van der Waals surface area contributed by atoms with Crippen LogP contribution in [0.2, 0.25) is 0 Å². The number of ether oxygens (including phenoxy) is 1. The van der Waals surface area contributed by atoms with Crippen molar-refractivity contribution in [1.29, 1.82) is 0 Å². The lowest BCUT2D eigenvalue weighted by Gasteiger charge is -2.28. The van der Waals surface area contributed by atoms with Gasteiger partial charge in [0.25, 0.3) is 0 Å². The zero-order chi connectivity index (χ0) is 12.7. The summed E-state index contributed by atoms with van der Waals surface area (Å²) in [5.74, 6) is -0.246. The lowest BCUT2D eigenvalue weighted by Crippen LogP contribution is -2.47. The average molecular weight is 243 g/mol. The summed E-state index contributed by atoms with van der Waals surface area (Å²) in [5, 5.41) is 13.6. The number of aliphatic hydroxyl groups is 1. The molecule has 0 amide bonds. The number of esters is 1. The first-order valence-electron chi connectivity index (χ1n) is 6.65. The molecule has 0 aromatic carbocycles. The molecule has 0 heterocycles. The second-order valence-electron chi connectivity index (χ2n) is 5.00. The van der Waals surface area contributed by atoms with Gasteiger partial charge in [-0.05, 0) is 19.3 Å². The molecular formula is C13H25NO3. The monoisotopic (exact) mass is 243 g/mol. The summed E-state index contributed by atoms with van der Waals surface area (Å²) in [5.41, 5.74) is -0.641. The Kier molecular flexibility index (Phi) is 5.92. The van der Waals surface area contributed by atoms with Crippen molar-refractivity contribution < 1.29 is 14.6 Å². The third-order valence-electron chi connectivity index (χ3n) is 3.61. The lowest BCUT2D eigenvalue weighted by atomic mass is 9.94. The fourth-order valence-corrected chi connectivity index (χ4v) is 2.41. The van der Waals surface area contributed by atoms with Crippen LogP contribution in [-0.2, 0) is 9.53 Å². The number of rotatable bonds is 5. The molecular weight excluding hydrogens is 218 g/mol. The third-order valence-corrected chi connectivity index (χ3v) is 3.61. The Balaban J connectivity index is 2.43. The van der Waals surface area contributed by atoms with Crippen LogP contribution < -0.4 is 5.32 Å². The van der Waals surface area contributed by atoms with Crippen molar-refractivity contribution in [3.05, 3.63) is 0 Å². The first-order chi connectivity index (χ1) is 8.11. The Morgan fingerprint density at radius 3 is 2.41 bits per heavy atom. The highest BCUT2D eigenvalue weighted by Gasteiger charge is 2.29. The Hall–Kier alpha value is -0.610. The maximum Gasteiger partial charge on any atom is 0.322 e. The van der Waals surface area contributed by atoms with Gasteiger partial charge in [-0.2, -0.15) is 0 Å². The quantitative estimate of drug-likeness (QED) is 0.569. The third kappa shape index (κ3) is 4.64. The minimum atomic E-state index is -0.641. The molecule has 100 valence electrons. The van der Waals surface area contributed by atoms with Crippen LogP contribution in [0.5, 0.6) is 0 Å². The predicted molar refractivity (Wildman–Crippen MR) is 66.7 cm³/mol. The second-order valence-corrected chi connectivity index (χ2v) is 5.00. The maximum atomic E-state index is 11.4. The van der Waals surface area contributed by atoms with Crippen LogP contribution in [0.25, 0.3) is 0 Å². The molecule has 1 aliphatic rings. The van der Waals surface area contributed by atoms with Crippen LogP contribution in [0.1, 0.15) is 51.9 Å². The molecule has 0 aromatic rings. The molecule has 2 N–H and O–H groups in total. The molecule has 0 saturated heterocycles. The van der Waals surface area contributed by atoms with Crippen molar-refractivity contribution in [3.63, 3.8) is 0 Å². The molecule has 1 saturated carbocycles. The van der Waals surface area contributed by atoms with E-state index < -0.39 is 5.60 Å². The molecule has 4 heteroatoms. The fraction of sp³-hybridized carbons (Fsp3) is 0.923. The summed E-state index contributed by atoms with van der Waals surface area (Å²) in [4.78, 5) is 11.4. The van der Waals surface area contributed by atoms with Gasteiger partial charge in [-0.1, -0.05) is 32.6 Å². The molecule has 0 aliphatic heterocycles. The highest BCUT2D eigenvalue weighted by Crippen LogP contribution is 2.26. The van der Waals surface area contributed by atoms with E-state index in [1.165, 1.54) is 20.0 Å². The van der Waals surface area contributed by atoms with E-state index in [2.05, 4.69) is 5.32 Å². The molecule has 4 nitrogen and oxygen atoms in total. The largest absolute Gasteiger partial charge is 0.468 e. The summed E-state index contributed by atoms with van der Waals surface area (Å²) in [6.07, 6.45) is 6.91. The van der Waals surface area contributed by atoms with Crippen LogP contribution in [0.15, 0.2) is 0 Å². The minimum Gasteiger partial charge on any atom is -0.468 e. The predicted octanol–water partition coefficient (Wildman–Crippen LogP) is 1.61. The second kappa shape index (κ2) is 6.97. The van der Waals surface area contributed by atoms with Crippen molar-refractivity contribution >= 4 is 5.97 Å². The Morgan fingerprint density at radius 2 is 1.94 bits per heavy atom. The summed E-state index contributed by atoms with van der Waals surface area (Å²) in [6, 6.07) is -0.299. The van der Waals surface area contributed by atoms with Gasteiger partial charge < -0.3 is 15.2 Å².